The van der Waals surface area contributed by atoms with Gasteiger partial charge in [0.25, 0.3) is 5.22 Å². The third-order valence-corrected chi connectivity index (χ3v) is 7.33. The van der Waals surface area contributed by atoms with Gasteiger partial charge in [0.1, 0.15) is 0 Å². The molecule has 3 aromatic carbocycles. The van der Waals surface area contributed by atoms with E-state index in [4.69, 9.17) is 4.42 Å². The maximum atomic E-state index is 13.5. The van der Waals surface area contributed by atoms with E-state index in [1.807, 2.05) is 72.5 Å². The quantitative estimate of drug-likeness (QED) is 0.340. The third-order valence-electron chi connectivity index (χ3n) is 5.39. The zero-order valence-electron chi connectivity index (χ0n) is 17.5. The van der Waals surface area contributed by atoms with Crippen molar-refractivity contribution in [1.29, 1.82) is 0 Å². The van der Waals surface area contributed by atoms with Gasteiger partial charge in [0.2, 0.25) is 11.8 Å². The molecule has 7 heteroatoms. The second kappa shape index (κ2) is 9.22. The summed E-state index contributed by atoms with van der Waals surface area (Å²) in [7, 11) is 0. The lowest BCUT2D eigenvalue weighted by molar-refractivity contribution is -0.116. The van der Waals surface area contributed by atoms with Gasteiger partial charge in [-0.3, -0.25) is 4.79 Å². The normalized spacial score (nSPS) is 15.4. The number of amides is 1. The van der Waals surface area contributed by atoms with E-state index in [0.717, 1.165) is 33.0 Å². The van der Waals surface area contributed by atoms with Crippen molar-refractivity contribution in [2.24, 2.45) is 0 Å². The van der Waals surface area contributed by atoms with Crippen molar-refractivity contribution < 1.29 is 9.21 Å². The zero-order chi connectivity index (χ0) is 21.9. The minimum Gasteiger partial charge on any atom is -0.411 e. The van der Waals surface area contributed by atoms with Gasteiger partial charge in [0, 0.05) is 16.2 Å². The number of aromatic nitrogens is 2. The number of anilines is 1. The molecule has 1 atom stereocenters. The molecule has 0 fully saturated rings. The van der Waals surface area contributed by atoms with Crippen LogP contribution in [0.3, 0.4) is 0 Å². The number of hydrogen-bond acceptors (Lipinski definition) is 6. The third kappa shape index (κ3) is 4.18. The Bertz CT molecular complexity index is 1240. The number of carbonyl (C=O) groups excluding carboxylic acids is 1. The van der Waals surface area contributed by atoms with Gasteiger partial charge < -0.3 is 9.32 Å². The predicted molar refractivity (Wildman–Crippen MR) is 129 cm³/mol. The van der Waals surface area contributed by atoms with Gasteiger partial charge in [-0.1, -0.05) is 72.4 Å². The van der Waals surface area contributed by atoms with Crippen molar-refractivity contribution in [3.63, 3.8) is 0 Å². The maximum Gasteiger partial charge on any atom is 0.277 e. The summed E-state index contributed by atoms with van der Waals surface area (Å²) in [6.07, 6.45) is 0. The number of benzene rings is 3. The van der Waals surface area contributed by atoms with Gasteiger partial charge in [-0.15, -0.1) is 22.0 Å². The van der Waals surface area contributed by atoms with Gasteiger partial charge in [-0.05, 0) is 36.2 Å². The van der Waals surface area contributed by atoms with Crippen LogP contribution in [0.2, 0.25) is 0 Å². The molecule has 0 saturated heterocycles. The summed E-state index contributed by atoms with van der Waals surface area (Å²) < 4.78 is 5.84. The molecule has 5 nitrogen and oxygen atoms in total. The van der Waals surface area contributed by atoms with Crippen LogP contribution in [-0.2, 0) is 4.79 Å². The van der Waals surface area contributed by atoms with Crippen LogP contribution < -0.4 is 4.90 Å². The van der Waals surface area contributed by atoms with Gasteiger partial charge in [0.05, 0.1) is 17.5 Å². The number of para-hydroxylation sites is 1. The molecule has 2 heterocycles. The molecule has 0 saturated carbocycles. The number of thioether (sulfide) groups is 2. The van der Waals surface area contributed by atoms with Crippen LogP contribution in [0.25, 0.3) is 11.5 Å². The van der Waals surface area contributed by atoms with Crippen molar-refractivity contribution in [3.05, 3.63) is 90.0 Å². The highest BCUT2D eigenvalue weighted by Crippen LogP contribution is 2.43. The fourth-order valence-corrected chi connectivity index (χ4v) is 5.59. The summed E-state index contributed by atoms with van der Waals surface area (Å²) in [6, 6.07) is 26.1. The lowest BCUT2D eigenvalue weighted by Gasteiger charge is -2.37. The molecule has 32 heavy (non-hydrogen) atoms. The van der Waals surface area contributed by atoms with Crippen molar-refractivity contribution in [2.45, 2.75) is 23.1 Å². The second-order valence-electron chi connectivity index (χ2n) is 7.45. The molecule has 0 spiro atoms. The predicted octanol–water partition coefficient (Wildman–Crippen LogP) is 6.02. The Morgan fingerprint density at radius 3 is 2.62 bits per heavy atom. The summed E-state index contributed by atoms with van der Waals surface area (Å²) >= 11 is 3.07. The number of rotatable bonds is 5. The van der Waals surface area contributed by atoms with Gasteiger partial charge in [0.15, 0.2) is 0 Å². The van der Waals surface area contributed by atoms with Gasteiger partial charge in [-0.25, -0.2) is 0 Å². The first-order chi connectivity index (χ1) is 15.7. The topological polar surface area (TPSA) is 59.2 Å². The van der Waals surface area contributed by atoms with Crippen molar-refractivity contribution in [2.75, 3.05) is 16.4 Å². The zero-order valence-corrected chi connectivity index (χ0v) is 19.1. The maximum absolute atomic E-state index is 13.5. The molecule has 0 aliphatic carbocycles. The SMILES string of the molecule is Cc1ccccc1-c1nnc(SCC(=O)N2c3ccccc3SC[C@@H]2c2ccccc2)o1. The first-order valence-corrected chi connectivity index (χ1v) is 12.3. The highest BCUT2D eigenvalue weighted by molar-refractivity contribution is 8.00. The summed E-state index contributed by atoms with van der Waals surface area (Å²) in [6.45, 7) is 2.01. The van der Waals surface area contributed by atoms with Crippen molar-refractivity contribution in [3.8, 4) is 11.5 Å². The number of hydrogen-bond donors (Lipinski definition) is 0. The minimum atomic E-state index is -0.0191. The summed E-state index contributed by atoms with van der Waals surface area (Å²) in [5.41, 5.74) is 4.06. The molecule has 0 bridgehead atoms. The molecule has 1 aliphatic heterocycles. The molecule has 4 aromatic rings. The standard InChI is InChI=1S/C25H21N3O2S2/c1-17-9-5-6-12-19(17)24-26-27-25(30-24)32-16-23(29)28-20-13-7-8-14-22(20)31-15-21(28)18-10-3-2-4-11-18/h2-14,21H,15-16H2,1H3/t21-/m1/s1. The van der Waals surface area contributed by atoms with E-state index < -0.39 is 0 Å². The lowest BCUT2D eigenvalue weighted by Crippen LogP contribution is -2.39. The molecule has 160 valence electrons. The van der Waals surface area contributed by atoms with E-state index in [-0.39, 0.29) is 17.7 Å². The van der Waals surface area contributed by atoms with Crippen molar-refractivity contribution in [1.82, 2.24) is 10.2 Å². The minimum absolute atomic E-state index is 0.0191. The Morgan fingerprint density at radius 2 is 1.78 bits per heavy atom. The van der Waals surface area contributed by atoms with Crippen LogP contribution >= 0.6 is 23.5 Å². The molecule has 0 unspecified atom stereocenters. The van der Waals surface area contributed by atoms with E-state index in [1.54, 1.807) is 11.8 Å². The average Bonchev–Trinajstić information content (AvgIpc) is 3.31. The van der Waals surface area contributed by atoms with Crippen LogP contribution in [-0.4, -0.2) is 27.6 Å². The van der Waals surface area contributed by atoms with E-state index in [1.165, 1.54) is 11.8 Å². The Balaban J connectivity index is 1.37. The number of carbonyl (C=O) groups is 1. The Morgan fingerprint density at radius 1 is 1.03 bits per heavy atom. The van der Waals surface area contributed by atoms with Crippen LogP contribution in [0.15, 0.2) is 93.4 Å². The molecule has 1 aromatic heterocycles. The van der Waals surface area contributed by atoms with Crippen LogP contribution in [0, 0.1) is 6.92 Å². The van der Waals surface area contributed by atoms with Crippen molar-refractivity contribution >= 4 is 35.1 Å². The van der Waals surface area contributed by atoms with Crippen LogP contribution in [0.5, 0.6) is 0 Å². The summed E-state index contributed by atoms with van der Waals surface area (Å²) in [4.78, 5) is 16.5. The summed E-state index contributed by atoms with van der Waals surface area (Å²) in [5, 5.41) is 8.71. The van der Waals surface area contributed by atoms with Crippen LogP contribution in [0.1, 0.15) is 17.2 Å². The van der Waals surface area contributed by atoms with E-state index in [0.29, 0.717) is 11.1 Å². The van der Waals surface area contributed by atoms with E-state index in [9.17, 15) is 4.79 Å². The summed E-state index contributed by atoms with van der Waals surface area (Å²) in [5.74, 6) is 1.53. The smallest absolute Gasteiger partial charge is 0.277 e. The van der Waals surface area contributed by atoms with E-state index >= 15 is 0 Å². The largest absolute Gasteiger partial charge is 0.411 e. The monoisotopic (exact) mass is 459 g/mol. The Labute approximate surface area is 195 Å². The first-order valence-electron chi connectivity index (χ1n) is 10.3. The molecular formula is C25H21N3O2S2. The Hall–Kier alpha value is -3.03. The average molecular weight is 460 g/mol. The molecule has 0 radical (unpaired) electrons. The molecule has 5 rings (SSSR count). The number of aryl methyl sites for hydroxylation is 1. The highest BCUT2D eigenvalue weighted by Gasteiger charge is 2.32. The fourth-order valence-electron chi connectivity index (χ4n) is 3.80. The van der Waals surface area contributed by atoms with Gasteiger partial charge in [-0.2, -0.15) is 0 Å². The second-order valence-corrected chi connectivity index (χ2v) is 9.43. The first kappa shape index (κ1) is 20.8. The van der Waals surface area contributed by atoms with Gasteiger partial charge >= 0.3 is 0 Å². The number of nitrogens with zero attached hydrogens (tertiary/aromatic N) is 3. The molecule has 1 amide bonds. The lowest BCUT2D eigenvalue weighted by atomic mass is 10.1. The fraction of sp³-hybridized carbons (Fsp3) is 0.160. The Kier molecular flexibility index (Phi) is 6.01. The highest BCUT2D eigenvalue weighted by atomic mass is 32.2. The molecule has 1 aliphatic rings. The number of fused-ring (bicyclic) bond motifs is 1. The van der Waals surface area contributed by atoms with Crippen LogP contribution in [0.4, 0.5) is 5.69 Å². The molecule has 0 N–H and O–H groups in total. The van der Waals surface area contributed by atoms with E-state index in [2.05, 4.69) is 28.4 Å². The molecular weight excluding hydrogens is 438 g/mol.